The monoisotopic (exact) mass is 485 g/mol. The first-order valence-corrected chi connectivity index (χ1v) is 12.4. The average Bonchev–Trinajstić information content (AvgIpc) is 2.77. The summed E-state index contributed by atoms with van der Waals surface area (Å²) >= 11 is 7.09. The van der Waals surface area contributed by atoms with Crippen molar-refractivity contribution in [3.05, 3.63) is 58.9 Å². The Kier molecular flexibility index (Phi) is 7.93. The van der Waals surface area contributed by atoms with Gasteiger partial charge in [0.1, 0.15) is 10.7 Å². The lowest BCUT2D eigenvalue weighted by molar-refractivity contribution is -0.119. The van der Waals surface area contributed by atoms with Crippen LogP contribution in [0.3, 0.4) is 0 Å². The highest BCUT2D eigenvalue weighted by molar-refractivity contribution is 8.00. The highest BCUT2D eigenvalue weighted by Gasteiger charge is 2.28. The summed E-state index contributed by atoms with van der Waals surface area (Å²) in [5.74, 6) is -1.79. The second-order valence-corrected chi connectivity index (χ2v) is 10.2. The molecule has 11 heteroatoms. The number of carbonyl (C=O) groups is 2. The van der Waals surface area contributed by atoms with Crippen molar-refractivity contribution in [1.82, 2.24) is 15.2 Å². The number of halogens is 2. The minimum Gasteiger partial charge on any atom is -0.272 e. The third-order valence-electron chi connectivity index (χ3n) is 4.64. The maximum absolute atomic E-state index is 13.6. The Morgan fingerprint density at radius 2 is 1.77 bits per heavy atom. The maximum Gasteiger partial charge on any atom is 0.269 e. The molecule has 2 aromatic rings. The number of carbonyl (C=O) groups excluding carboxylic acids is 2. The first-order valence-electron chi connectivity index (χ1n) is 9.55. The van der Waals surface area contributed by atoms with E-state index in [1.165, 1.54) is 28.6 Å². The number of hydrogen-bond acceptors (Lipinski definition) is 5. The van der Waals surface area contributed by atoms with Gasteiger partial charge in [0.15, 0.2) is 0 Å². The molecule has 0 radical (unpaired) electrons. The van der Waals surface area contributed by atoms with Crippen LogP contribution in [-0.4, -0.2) is 43.4 Å². The van der Waals surface area contributed by atoms with Gasteiger partial charge in [0.05, 0.1) is 10.8 Å². The van der Waals surface area contributed by atoms with E-state index in [0.29, 0.717) is 18.0 Å². The zero-order chi connectivity index (χ0) is 22.4. The molecule has 3 rings (SSSR count). The molecule has 0 atom stereocenters. The second-order valence-electron chi connectivity index (χ2n) is 6.83. The minimum absolute atomic E-state index is 0.0208. The van der Waals surface area contributed by atoms with E-state index in [4.69, 9.17) is 11.6 Å². The second kappa shape index (κ2) is 10.4. The molecular formula is C20H21ClFN3O4S2. The van der Waals surface area contributed by atoms with Gasteiger partial charge in [-0.2, -0.15) is 4.31 Å². The Bertz CT molecular complexity index is 1080. The number of sulfonamides is 1. The Morgan fingerprint density at radius 1 is 1.06 bits per heavy atom. The number of hydrogen-bond donors (Lipinski definition) is 2. The molecule has 7 nitrogen and oxygen atoms in total. The van der Waals surface area contributed by atoms with E-state index < -0.39 is 27.7 Å². The van der Waals surface area contributed by atoms with Gasteiger partial charge in [0.25, 0.3) is 5.91 Å². The van der Waals surface area contributed by atoms with E-state index in [1.807, 2.05) is 0 Å². The third-order valence-corrected chi connectivity index (χ3v) is 8.07. The molecule has 2 amide bonds. The Labute approximate surface area is 189 Å². The molecule has 31 heavy (non-hydrogen) atoms. The summed E-state index contributed by atoms with van der Waals surface area (Å²) in [5.41, 5.74) is 4.49. The van der Waals surface area contributed by atoms with Crippen molar-refractivity contribution in [3.63, 3.8) is 0 Å². The topological polar surface area (TPSA) is 95.6 Å². The highest BCUT2D eigenvalue weighted by Crippen LogP contribution is 2.28. The molecule has 1 heterocycles. The van der Waals surface area contributed by atoms with Gasteiger partial charge in [-0.3, -0.25) is 20.4 Å². The van der Waals surface area contributed by atoms with E-state index in [9.17, 15) is 22.4 Å². The lowest BCUT2D eigenvalue weighted by atomic mass is 10.2. The summed E-state index contributed by atoms with van der Waals surface area (Å²) in [4.78, 5) is 24.5. The Morgan fingerprint density at radius 3 is 2.48 bits per heavy atom. The van der Waals surface area contributed by atoms with Crippen molar-refractivity contribution in [2.75, 3.05) is 18.8 Å². The molecule has 0 saturated carbocycles. The van der Waals surface area contributed by atoms with Crippen LogP contribution in [0.1, 0.15) is 29.6 Å². The molecule has 0 bridgehead atoms. The van der Waals surface area contributed by atoms with Crippen LogP contribution in [0.5, 0.6) is 0 Å². The number of rotatable bonds is 6. The molecule has 0 aliphatic carbocycles. The van der Waals surface area contributed by atoms with Crippen LogP contribution in [0.2, 0.25) is 5.02 Å². The molecule has 0 unspecified atom stereocenters. The molecule has 2 aromatic carbocycles. The molecule has 0 aromatic heterocycles. The van der Waals surface area contributed by atoms with E-state index in [2.05, 4.69) is 10.9 Å². The van der Waals surface area contributed by atoms with Gasteiger partial charge in [-0.1, -0.05) is 30.2 Å². The molecule has 2 N–H and O–H groups in total. The van der Waals surface area contributed by atoms with Crippen LogP contribution in [0.4, 0.5) is 4.39 Å². The number of thioether (sulfide) groups is 1. The van der Waals surface area contributed by atoms with Crippen molar-refractivity contribution >= 4 is 45.2 Å². The fraction of sp³-hybridized carbons (Fsp3) is 0.300. The van der Waals surface area contributed by atoms with Crippen molar-refractivity contribution in [1.29, 1.82) is 0 Å². The zero-order valence-electron chi connectivity index (χ0n) is 16.4. The minimum atomic E-state index is -3.83. The number of hydrazine groups is 1. The van der Waals surface area contributed by atoms with E-state index >= 15 is 0 Å². The van der Waals surface area contributed by atoms with Gasteiger partial charge in [0, 0.05) is 23.5 Å². The Balaban J connectivity index is 1.62. The van der Waals surface area contributed by atoms with Gasteiger partial charge >= 0.3 is 0 Å². The predicted molar refractivity (Wildman–Crippen MR) is 117 cm³/mol. The van der Waals surface area contributed by atoms with Crippen molar-refractivity contribution in [2.24, 2.45) is 0 Å². The summed E-state index contributed by atoms with van der Waals surface area (Å²) in [6, 6.07) is 9.94. The van der Waals surface area contributed by atoms with Gasteiger partial charge < -0.3 is 0 Å². The summed E-state index contributed by atoms with van der Waals surface area (Å²) in [5, 5.41) is 0.0208. The fourth-order valence-electron chi connectivity index (χ4n) is 3.03. The van der Waals surface area contributed by atoms with Crippen LogP contribution in [0, 0.1) is 5.82 Å². The molecule has 0 spiro atoms. The molecule has 1 fully saturated rings. The largest absolute Gasteiger partial charge is 0.272 e. The number of amides is 2. The molecule has 1 aliphatic rings. The van der Waals surface area contributed by atoms with Crippen LogP contribution < -0.4 is 10.9 Å². The highest BCUT2D eigenvalue weighted by atomic mass is 35.5. The average molecular weight is 486 g/mol. The lowest BCUT2D eigenvalue weighted by Gasteiger charge is -2.26. The molecular weight excluding hydrogens is 465 g/mol. The van der Waals surface area contributed by atoms with E-state index in [-0.39, 0.29) is 21.2 Å². The lowest BCUT2D eigenvalue weighted by Crippen LogP contribution is -2.42. The summed E-state index contributed by atoms with van der Waals surface area (Å²) < 4.78 is 40.8. The van der Waals surface area contributed by atoms with Gasteiger partial charge in [0.2, 0.25) is 15.9 Å². The van der Waals surface area contributed by atoms with Gasteiger partial charge in [-0.15, -0.1) is 11.8 Å². The van der Waals surface area contributed by atoms with Crippen LogP contribution in [0.15, 0.2) is 52.3 Å². The molecule has 166 valence electrons. The van der Waals surface area contributed by atoms with Gasteiger partial charge in [-0.05, 0) is 43.2 Å². The quantitative estimate of drug-likeness (QED) is 0.484. The first kappa shape index (κ1) is 23.5. The fourth-order valence-corrected chi connectivity index (χ4v) is 5.78. The van der Waals surface area contributed by atoms with Gasteiger partial charge in [-0.25, -0.2) is 12.8 Å². The number of benzene rings is 2. The van der Waals surface area contributed by atoms with Crippen LogP contribution >= 0.6 is 23.4 Å². The van der Waals surface area contributed by atoms with E-state index in [1.54, 1.807) is 18.2 Å². The molecule has 1 aliphatic heterocycles. The van der Waals surface area contributed by atoms with Crippen LogP contribution in [-0.2, 0) is 14.8 Å². The standard InChI is InChI=1S/C20H21ClFN3O4S2/c21-15-9-8-14(12-18(15)31(28,29)25-10-4-1-5-11-25)20(27)24-23-19(26)13-30-17-7-3-2-6-16(17)22/h2-3,6-9,12H,1,4-5,10-11,13H2,(H,23,26)(H,24,27). The summed E-state index contributed by atoms with van der Waals surface area (Å²) in [6.45, 7) is 0.815. The normalized spacial score (nSPS) is 14.8. The maximum atomic E-state index is 13.6. The summed E-state index contributed by atoms with van der Waals surface area (Å²) in [6.07, 6.45) is 2.51. The van der Waals surface area contributed by atoms with E-state index in [0.717, 1.165) is 31.0 Å². The smallest absolute Gasteiger partial charge is 0.269 e. The van der Waals surface area contributed by atoms with Crippen molar-refractivity contribution in [2.45, 2.75) is 29.1 Å². The number of piperidine rings is 1. The summed E-state index contributed by atoms with van der Waals surface area (Å²) in [7, 11) is -3.83. The van der Waals surface area contributed by atoms with Crippen molar-refractivity contribution in [3.8, 4) is 0 Å². The Hall–Kier alpha value is -2.14. The predicted octanol–water partition coefficient (Wildman–Crippen LogP) is 3.21. The first-order chi connectivity index (χ1) is 14.8. The SMILES string of the molecule is O=C(CSc1ccccc1F)NNC(=O)c1ccc(Cl)c(S(=O)(=O)N2CCCCC2)c1. The number of nitrogens with zero attached hydrogens (tertiary/aromatic N) is 1. The zero-order valence-corrected chi connectivity index (χ0v) is 18.8. The number of nitrogens with one attached hydrogen (secondary N) is 2. The van der Waals surface area contributed by atoms with Crippen molar-refractivity contribution < 1.29 is 22.4 Å². The molecule has 1 saturated heterocycles. The third kappa shape index (κ3) is 5.97. The van der Waals surface area contributed by atoms with Crippen LogP contribution in [0.25, 0.3) is 0 Å².